The van der Waals surface area contributed by atoms with Gasteiger partial charge in [-0.2, -0.15) is 5.10 Å². The molecule has 1 aliphatic rings. The van der Waals surface area contributed by atoms with E-state index in [0.29, 0.717) is 6.54 Å². The van der Waals surface area contributed by atoms with Crippen LogP contribution in [0, 0.1) is 0 Å². The summed E-state index contributed by atoms with van der Waals surface area (Å²) in [5.74, 6) is 0. The Morgan fingerprint density at radius 2 is 2.38 bits per heavy atom. The number of nitrogens with one attached hydrogen (secondary N) is 1. The van der Waals surface area contributed by atoms with Crippen LogP contribution in [0.1, 0.15) is 13.8 Å². The van der Waals surface area contributed by atoms with Crippen molar-refractivity contribution >= 4 is 11.8 Å². The van der Waals surface area contributed by atoms with Crippen LogP contribution in [0.3, 0.4) is 0 Å². The number of primary amides is 1. The van der Waals surface area contributed by atoms with Crippen molar-refractivity contribution in [1.29, 1.82) is 0 Å². The molecule has 0 aromatic heterocycles. The molecule has 0 bridgehead atoms. The number of hydrazone groups is 1. The van der Waals surface area contributed by atoms with Crippen molar-refractivity contribution in [2.45, 2.75) is 13.8 Å². The first-order valence-electron chi connectivity index (χ1n) is 4.14. The molecule has 0 saturated heterocycles. The van der Waals surface area contributed by atoms with Gasteiger partial charge in [0.2, 0.25) is 0 Å². The molecule has 76 valence electrons. The lowest BCUT2D eigenvalue weighted by molar-refractivity contribution is 0.172. The summed E-state index contributed by atoms with van der Waals surface area (Å²) in [6.45, 7) is 4.76. The first-order chi connectivity index (χ1) is 6.18. The summed E-state index contributed by atoms with van der Waals surface area (Å²) in [6, 6.07) is 0. The fourth-order valence-electron chi connectivity index (χ4n) is 0.723. The second kappa shape index (κ2) is 6.24. The molecular weight excluding hydrogens is 172 g/mol. The molecule has 0 atom stereocenters. The molecular formula is C7H16N4O2. The van der Waals surface area contributed by atoms with Crippen LogP contribution in [0.15, 0.2) is 5.10 Å². The van der Waals surface area contributed by atoms with Gasteiger partial charge in [0.1, 0.15) is 6.61 Å². The van der Waals surface area contributed by atoms with Crippen molar-refractivity contribution in [2.24, 2.45) is 10.8 Å². The number of ether oxygens (including phenoxy) is 1. The van der Waals surface area contributed by atoms with Gasteiger partial charge in [0, 0.05) is 7.05 Å². The number of carbonyl (C=O) groups is 1. The molecule has 6 heteroatoms. The van der Waals surface area contributed by atoms with Crippen molar-refractivity contribution in [2.75, 3.05) is 20.2 Å². The van der Waals surface area contributed by atoms with E-state index in [0.717, 1.165) is 5.71 Å². The maximum Gasteiger partial charge on any atom is 0.404 e. The highest BCUT2D eigenvalue weighted by Crippen LogP contribution is 1.91. The maximum atomic E-state index is 10.1. The van der Waals surface area contributed by atoms with Crippen molar-refractivity contribution in [3.63, 3.8) is 0 Å². The standard InChI is InChI=1S/C5H10N4O2.C2H6/c1-9-7-2-4(8-9)3-11-5(6)10;1-2/h7H,2-3H2,1H3,(H2,6,10);1-2H3. The second-order valence-corrected chi connectivity index (χ2v) is 2.13. The van der Waals surface area contributed by atoms with E-state index >= 15 is 0 Å². The van der Waals surface area contributed by atoms with Crippen LogP contribution >= 0.6 is 0 Å². The third kappa shape index (κ3) is 5.02. The fourth-order valence-corrected chi connectivity index (χ4v) is 0.723. The number of rotatable bonds is 2. The Hall–Kier alpha value is -1.30. The van der Waals surface area contributed by atoms with Gasteiger partial charge >= 0.3 is 6.09 Å². The molecule has 0 unspecified atom stereocenters. The van der Waals surface area contributed by atoms with Crippen LogP contribution in [-0.4, -0.2) is 37.1 Å². The summed E-state index contributed by atoms with van der Waals surface area (Å²) >= 11 is 0. The van der Waals surface area contributed by atoms with Crippen molar-refractivity contribution in [1.82, 2.24) is 10.5 Å². The van der Waals surface area contributed by atoms with Crippen LogP contribution in [0.5, 0.6) is 0 Å². The molecule has 0 spiro atoms. The minimum absolute atomic E-state index is 0.159. The number of nitrogens with two attached hydrogens (primary N) is 1. The molecule has 6 nitrogen and oxygen atoms in total. The highest BCUT2D eigenvalue weighted by atomic mass is 16.5. The average molecular weight is 188 g/mol. The van der Waals surface area contributed by atoms with Crippen molar-refractivity contribution in [3.05, 3.63) is 0 Å². The minimum atomic E-state index is -0.776. The van der Waals surface area contributed by atoms with E-state index in [2.05, 4.69) is 15.3 Å². The Bertz CT molecular complexity index is 193. The van der Waals surface area contributed by atoms with Gasteiger partial charge in [-0.15, -0.1) is 0 Å². The third-order valence-corrected chi connectivity index (χ3v) is 1.18. The molecule has 13 heavy (non-hydrogen) atoms. The molecule has 1 amide bonds. The zero-order chi connectivity index (χ0) is 10.3. The number of hydrazine groups is 1. The Kier molecular flexibility index (Phi) is 5.62. The van der Waals surface area contributed by atoms with Gasteiger partial charge < -0.3 is 10.5 Å². The summed E-state index contributed by atoms with van der Waals surface area (Å²) in [6.07, 6.45) is -0.776. The summed E-state index contributed by atoms with van der Waals surface area (Å²) in [4.78, 5) is 10.1. The van der Waals surface area contributed by atoms with Gasteiger partial charge in [-0.1, -0.05) is 13.8 Å². The van der Waals surface area contributed by atoms with E-state index in [1.807, 2.05) is 13.8 Å². The lowest BCUT2D eigenvalue weighted by Crippen LogP contribution is -2.26. The van der Waals surface area contributed by atoms with Gasteiger partial charge in [-0.05, 0) is 0 Å². The molecule has 0 aromatic carbocycles. The van der Waals surface area contributed by atoms with E-state index in [1.165, 1.54) is 0 Å². The van der Waals surface area contributed by atoms with E-state index < -0.39 is 6.09 Å². The number of amides is 1. The van der Waals surface area contributed by atoms with Crippen LogP contribution in [0.2, 0.25) is 0 Å². The lowest BCUT2D eigenvalue weighted by atomic mass is 10.4. The van der Waals surface area contributed by atoms with Crippen LogP contribution in [0.4, 0.5) is 4.79 Å². The lowest BCUT2D eigenvalue weighted by Gasteiger charge is -2.02. The number of hydrogen-bond donors (Lipinski definition) is 2. The Morgan fingerprint density at radius 3 is 2.77 bits per heavy atom. The monoisotopic (exact) mass is 188 g/mol. The maximum absolute atomic E-state index is 10.1. The van der Waals surface area contributed by atoms with Gasteiger partial charge in [0.25, 0.3) is 0 Å². The van der Waals surface area contributed by atoms with Crippen molar-refractivity contribution in [3.8, 4) is 0 Å². The second-order valence-electron chi connectivity index (χ2n) is 2.13. The fraction of sp³-hybridized carbons (Fsp3) is 0.714. The van der Waals surface area contributed by atoms with E-state index in [-0.39, 0.29) is 6.61 Å². The Labute approximate surface area is 77.7 Å². The first-order valence-corrected chi connectivity index (χ1v) is 4.14. The topological polar surface area (TPSA) is 79.9 Å². The summed E-state index contributed by atoms with van der Waals surface area (Å²) < 4.78 is 4.52. The molecule has 1 rings (SSSR count). The first kappa shape index (κ1) is 11.7. The minimum Gasteiger partial charge on any atom is -0.443 e. The van der Waals surface area contributed by atoms with Gasteiger partial charge in [0.15, 0.2) is 0 Å². The number of carbonyl (C=O) groups excluding carboxylic acids is 1. The van der Waals surface area contributed by atoms with Crippen LogP contribution in [-0.2, 0) is 4.74 Å². The summed E-state index contributed by atoms with van der Waals surface area (Å²) in [5, 5.41) is 5.52. The number of nitrogens with zero attached hydrogens (tertiary/aromatic N) is 2. The van der Waals surface area contributed by atoms with Gasteiger partial charge in [-0.3, -0.25) is 0 Å². The van der Waals surface area contributed by atoms with E-state index in [9.17, 15) is 4.79 Å². The number of hydrogen-bond acceptors (Lipinski definition) is 5. The summed E-state index contributed by atoms with van der Waals surface area (Å²) in [7, 11) is 1.76. The van der Waals surface area contributed by atoms with Gasteiger partial charge in [-0.25, -0.2) is 15.3 Å². The zero-order valence-corrected chi connectivity index (χ0v) is 8.20. The van der Waals surface area contributed by atoms with Crippen LogP contribution < -0.4 is 11.2 Å². The normalized spacial score (nSPS) is 14.4. The van der Waals surface area contributed by atoms with E-state index in [4.69, 9.17) is 5.73 Å². The molecule has 0 fully saturated rings. The van der Waals surface area contributed by atoms with Gasteiger partial charge in [0.05, 0.1) is 12.3 Å². The average Bonchev–Trinajstić information content (AvgIpc) is 2.52. The molecule has 0 radical (unpaired) electrons. The SMILES string of the molecule is CC.CN1N=C(COC(N)=O)CN1. The van der Waals surface area contributed by atoms with E-state index in [1.54, 1.807) is 12.2 Å². The molecule has 1 aliphatic heterocycles. The highest BCUT2D eigenvalue weighted by molar-refractivity contribution is 5.89. The Balaban J connectivity index is 0.000000671. The smallest absolute Gasteiger partial charge is 0.404 e. The molecule has 1 heterocycles. The van der Waals surface area contributed by atoms with Crippen molar-refractivity contribution < 1.29 is 9.53 Å². The molecule has 0 aromatic rings. The predicted octanol–water partition coefficient (Wildman–Crippen LogP) is -0.0861. The summed E-state index contributed by atoms with van der Waals surface area (Å²) in [5.41, 5.74) is 8.40. The largest absolute Gasteiger partial charge is 0.443 e. The Morgan fingerprint density at radius 1 is 1.77 bits per heavy atom. The molecule has 3 N–H and O–H groups in total. The zero-order valence-electron chi connectivity index (χ0n) is 8.20. The van der Waals surface area contributed by atoms with Crippen LogP contribution in [0.25, 0.3) is 0 Å². The molecule has 0 saturated carbocycles. The molecule has 0 aliphatic carbocycles. The highest BCUT2D eigenvalue weighted by Gasteiger charge is 2.10. The predicted molar refractivity (Wildman–Crippen MR) is 50.1 cm³/mol. The quantitative estimate of drug-likeness (QED) is 0.635. The third-order valence-electron chi connectivity index (χ3n) is 1.18.